The summed E-state index contributed by atoms with van der Waals surface area (Å²) in [6.07, 6.45) is 2.02. The number of amides is 1. The van der Waals surface area contributed by atoms with Gasteiger partial charge in [0.05, 0.1) is 6.61 Å². The number of Topliss-reactive ketones (excluding diaryl/α,β-unsaturated/α-hetero) is 1. The largest absolute Gasteiger partial charge is 0.444 e. The van der Waals surface area contributed by atoms with Crippen LogP contribution >= 0.6 is 0 Å². The number of benzene rings is 3. The average Bonchev–Trinajstić information content (AvgIpc) is 3.68. The van der Waals surface area contributed by atoms with Crippen LogP contribution in [-0.4, -0.2) is 35.8 Å². The normalized spacial score (nSPS) is 13.4. The first-order chi connectivity index (χ1) is 18.7. The van der Waals surface area contributed by atoms with E-state index in [9.17, 15) is 9.59 Å². The highest BCUT2D eigenvalue weighted by atomic mass is 16.6. The van der Waals surface area contributed by atoms with Crippen LogP contribution in [0, 0.1) is 0 Å². The zero-order chi connectivity index (χ0) is 27.6. The van der Waals surface area contributed by atoms with Crippen LogP contribution < -0.4 is 5.32 Å². The fourth-order valence-corrected chi connectivity index (χ4v) is 4.98. The molecule has 1 aromatic heterocycles. The zero-order valence-electron chi connectivity index (χ0n) is 23.1. The minimum atomic E-state index is -0.627. The Balaban J connectivity index is 1.45. The first kappa shape index (κ1) is 26.7. The monoisotopic (exact) mass is 524 g/mol. The molecular formula is C33H36N2O4. The Morgan fingerprint density at radius 2 is 1.72 bits per heavy atom. The summed E-state index contributed by atoms with van der Waals surface area (Å²) in [7, 11) is 1.72. The molecule has 1 N–H and O–H groups in total. The number of carbonyl (C=O) groups is 2. The van der Waals surface area contributed by atoms with E-state index >= 15 is 0 Å². The van der Waals surface area contributed by atoms with Crippen LogP contribution in [0.4, 0.5) is 10.5 Å². The number of rotatable bonds is 9. The summed E-state index contributed by atoms with van der Waals surface area (Å²) >= 11 is 0. The Morgan fingerprint density at radius 3 is 2.41 bits per heavy atom. The molecule has 202 valence electrons. The van der Waals surface area contributed by atoms with Crippen molar-refractivity contribution in [2.45, 2.75) is 58.1 Å². The lowest BCUT2D eigenvalue weighted by atomic mass is 9.96. The molecule has 1 aliphatic carbocycles. The van der Waals surface area contributed by atoms with Gasteiger partial charge in [-0.3, -0.25) is 10.1 Å². The minimum absolute atomic E-state index is 0.00744. The third-order valence-corrected chi connectivity index (χ3v) is 6.97. The van der Waals surface area contributed by atoms with Crippen molar-refractivity contribution in [2.75, 3.05) is 19.0 Å². The first-order valence-corrected chi connectivity index (χ1v) is 13.6. The van der Waals surface area contributed by atoms with E-state index in [1.54, 1.807) is 7.11 Å². The molecule has 1 heterocycles. The third-order valence-electron chi connectivity index (χ3n) is 6.97. The molecule has 1 fully saturated rings. The molecule has 0 spiro atoms. The average molecular weight is 525 g/mol. The van der Waals surface area contributed by atoms with E-state index in [1.165, 1.54) is 18.5 Å². The van der Waals surface area contributed by atoms with Gasteiger partial charge in [-0.2, -0.15) is 0 Å². The first-order valence-electron chi connectivity index (χ1n) is 13.6. The predicted molar refractivity (Wildman–Crippen MR) is 156 cm³/mol. The molecule has 0 radical (unpaired) electrons. The fourth-order valence-electron chi connectivity index (χ4n) is 4.98. The van der Waals surface area contributed by atoms with Crippen molar-refractivity contribution in [3.8, 4) is 11.1 Å². The molecule has 39 heavy (non-hydrogen) atoms. The van der Waals surface area contributed by atoms with Gasteiger partial charge in [0.15, 0.2) is 5.78 Å². The second-order valence-electron chi connectivity index (χ2n) is 11.2. The quantitative estimate of drug-likeness (QED) is 0.229. The summed E-state index contributed by atoms with van der Waals surface area (Å²) in [6.45, 7) is 6.91. The Kier molecular flexibility index (Phi) is 7.58. The number of methoxy groups -OCH3 is 1. The summed E-state index contributed by atoms with van der Waals surface area (Å²) < 4.78 is 13.1. The van der Waals surface area contributed by atoms with Crippen LogP contribution in [0.15, 0.2) is 72.8 Å². The number of anilines is 1. The highest BCUT2D eigenvalue weighted by Crippen LogP contribution is 2.42. The number of hydrogen-bond acceptors (Lipinski definition) is 4. The molecule has 0 atom stereocenters. The maximum absolute atomic E-state index is 13.6. The lowest BCUT2D eigenvalue weighted by Crippen LogP contribution is -2.27. The van der Waals surface area contributed by atoms with Crippen molar-refractivity contribution in [1.29, 1.82) is 0 Å². The second-order valence-corrected chi connectivity index (χ2v) is 11.2. The number of nitrogens with zero attached hydrogens (tertiary/aromatic N) is 1. The summed E-state index contributed by atoms with van der Waals surface area (Å²) in [5.74, 6) is 0.586. The van der Waals surface area contributed by atoms with Gasteiger partial charge in [-0.05, 0) is 92.6 Å². The van der Waals surface area contributed by atoms with E-state index in [2.05, 4.69) is 16.0 Å². The SMILES string of the molecule is COCCn1c(C2CC2)cc2cc(C(=O)Cc3cc(-c4ccccc4)ccc3NC(=O)OC(C)(C)C)ccc21. The number of hydrogen-bond donors (Lipinski definition) is 1. The van der Waals surface area contributed by atoms with Gasteiger partial charge in [-0.25, -0.2) is 4.79 Å². The molecule has 0 aliphatic heterocycles. The fraction of sp³-hybridized carbons (Fsp3) is 0.333. The molecule has 1 saturated carbocycles. The number of nitrogens with one attached hydrogen (secondary N) is 1. The molecule has 6 heteroatoms. The minimum Gasteiger partial charge on any atom is -0.444 e. The summed E-state index contributed by atoms with van der Waals surface area (Å²) in [4.78, 5) is 26.2. The van der Waals surface area contributed by atoms with E-state index in [1.807, 2.05) is 87.5 Å². The van der Waals surface area contributed by atoms with E-state index in [0.29, 0.717) is 23.8 Å². The maximum atomic E-state index is 13.6. The Hall–Kier alpha value is -3.90. The van der Waals surface area contributed by atoms with Gasteiger partial charge >= 0.3 is 6.09 Å². The number of fused-ring (bicyclic) bond motifs is 1. The van der Waals surface area contributed by atoms with Crippen LogP contribution in [0.25, 0.3) is 22.0 Å². The molecule has 1 aliphatic rings. The zero-order valence-corrected chi connectivity index (χ0v) is 23.1. The lowest BCUT2D eigenvalue weighted by Gasteiger charge is -2.20. The lowest BCUT2D eigenvalue weighted by molar-refractivity contribution is 0.0635. The van der Waals surface area contributed by atoms with Gasteiger partial charge in [0.2, 0.25) is 0 Å². The molecule has 3 aromatic carbocycles. The second kappa shape index (κ2) is 11.1. The molecule has 0 unspecified atom stereocenters. The van der Waals surface area contributed by atoms with E-state index < -0.39 is 11.7 Å². The highest BCUT2D eigenvalue weighted by molar-refractivity contribution is 6.02. The van der Waals surface area contributed by atoms with E-state index in [4.69, 9.17) is 9.47 Å². The molecular weight excluding hydrogens is 488 g/mol. The van der Waals surface area contributed by atoms with Gasteiger partial charge in [-0.1, -0.05) is 36.4 Å². The topological polar surface area (TPSA) is 69.6 Å². The van der Waals surface area contributed by atoms with Crippen molar-refractivity contribution in [2.24, 2.45) is 0 Å². The van der Waals surface area contributed by atoms with Crippen LogP contribution in [0.2, 0.25) is 0 Å². The molecule has 5 rings (SSSR count). The van der Waals surface area contributed by atoms with Crippen LogP contribution in [0.3, 0.4) is 0 Å². The van der Waals surface area contributed by atoms with Gasteiger partial charge in [-0.15, -0.1) is 0 Å². The van der Waals surface area contributed by atoms with Crippen molar-refractivity contribution < 1.29 is 19.1 Å². The van der Waals surface area contributed by atoms with Crippen LogP contribution in [0.1, 0.15) is 61.1 Å². The number of aromatic nitrogens is 1. The molecule has 6 nitrogen and oxygen atoms in total. The smallest absolute Gasteiger partial charge is 0.412 e. The molecule has 1 amide bonds. The highest BCUT2D eigenvalue weighted by Gasteiger charge is 2.28. The van der Waals surface area contributed by atoms with Crippen molar-refractivity contribution in [3.63, 3.8) is 0 Å². The van der Waals surface area contributed by atoms with Crippen molar-refractivity contribution >= 4 is 28.5 Å². The Morgan fingerprint density at radius 1 is 0.949 bits per heavy atom. The summed E-state index contributed by atoms with van der Waals surface area (Å²) in [5, 5.41) is 3.93. The van der Waals surface area contributed by atoms with Crippen LogP contribution in [0.5, 0.6) is 0 Å². The molecule has 4 aromatic rings. The molecule has 0 saturated heterocycles. The Bertz CT molecular complexity index is 1490. The van der Waals surface area contributed by atoms with Gasteiger partial charge < -0.3 is 14.0 Å². The predicted octanol–water partition coefficient (Wildman–Crippen LogP) is 7.60. The van der Waals surface area contributed by atoms with Gasteiger partial charge in [0.1, 0.15) is 5.60 Å². The summed E-state index contributed by atoms with van der Waals surface area (Å²) in [6, 6.07) is 23.9. The Labute approximate surface area is 229 Å². The summed E-state index contributed by atoms with van der Waals surface area (Å²) in [5.41, 5.74) is 5.81. The van der Waals surface area contributed by atoms with Gasteiger partial charge in [0, 0.05) is 47.9 Å². The number of ether oxygens (including phenoxy) is 2. The van der Waals surface area contributed by atoms with Crippen molar-refractivity contribution in [1.82, 2.24) is 4.57 Å². The van der Waals surface area contributed by atoms with Crippen LogP contribution in [-0.2, 0) is 22.4 Å². The van der Waals surface area contributed by atoms with Crippen molar-refractivity contribution in [3.05, 3.63) is 89.6 Å². The van der Waals surface area contributed by atoms with E-state index in [0.717, 1.165) is 34.1 Å². The molecule has 0 bridgehead atoms. The number of carbonyl (C=O) groups excluding carboxylic acids is 2. The standard InChI is InChI=1S/C33H36N2O4/c1-33(2,3)39-32(37)34-28-14-12-24(22-8-6-5-7-9-22)18-26(28)21-31(36)25-13-15-29-27(19-25)20-30(23-10-11-23)35(29)16-17-38-4/h5-9,12-15,18-20,23H,10-11,16-17,21H2,1-4H3,(H,34,37). The number of ketones is 1. The maximum Gasteiger partial charge on any atom is 0.412 e. The third kappa shape index (κ3) is 6.40. The van der Waals surface area contributed by atoms with Gasteiger partial charge in [0.25, 0.3) is 0 Å². The van der Waals surface area contributed by atoms with E-state index in [-0.39, 0.29) is 12.2 Å².